The number of amides is 1. The molecule has 0 saturated carbocycles. The van der Waals surface area contributed by atoms with Crippen molar-refractivity contribution in [1.29, 1.82) is 0 Å². The van der Waals surface area contributed by atoms with E-state index in [4.69, 9.17) is 9.84 Å². The Morgan fingerprint density at radius 1 is 1.45 bits per heavy atom. The van der Waals surface area contributed by atoms with Gasteiger partial charge < -0.3 is 15.2 Å². The molecule has 0 fully saturated rings. The zero-order valence-electron chi connectivity index (χ0n) is 11.6. The van der Waals surface area contributed by atoms with E-state index in [1.165, 1.54) is 36.0 Å². The van der Waals surface area contributed by atoms with Gasteiger partial charge in [0.25, 0.3) is 0 Å². The van der Waals surface area contributed by atoms with Crippen molar-refractivity contribution < 1.29 is 19.0 Å². The monoisotopic (exact) mass is 301 g/mol. The van der Waals surface area contributed by atoms with Crippen molar-refractivity contribution in [1.82, 2.24) is 5.32 Å². The van der Waals surface area contributed by atoms with Gasteiger partial charge in [-0.3, -0.25) is 4.79 Å². The fraction of sp³-hybridized carbons (Fsp3) is 0.500. The third-order valence-corrected chi connectivity index (χ3v) is 4.00. The summed E-state index contributed by atoms with van der Waals surface area (Å²) in [6.45, 7) is 2.11. The van der Waals surface area contributed by atoms with E-state index in [0.29, 0.717) is 5.75 Å². The number of benzene rings is 1. The zero-order chi connectivity index (χ0) is 15.0. The lowest BCUT2D eigenvalue weighted by atomic mass is 10.2. The van der Waals surface area contributed by atoms with Crippen LogP contribution in [0.15, 0.2) is 24.3 Å². The average molecular weight is 301 g/mol. The first-order chi connectivity index (χ1) is 9.56. The number of carbonyl (C=O) groups is 1. The quantitative estimate of drug-likeness (QED) is 0.769. The van der Waals surface area contributed by atoms with Crippen molar-refractivity contribution in [3.8, 4) is 5.75 Å². The van der Waals surface area contributed by atoms with Crippen LogP contribution in [-0.4, -0.2) is 41.8 Å². The van der Waals surface area contributed by atoms with Crippen molar-refractivity contribution in [3.05, 3.63) is 30.1 Å². The van der Waals surface area contributed by atoms with Crippen LogP contribution in [0.3, 0.4) is 0 Å². The molecule has 1 amide bonds. The van der Waals surface area contributed by atoms with Crippen molar-refractivity contribution >= 4 is 17.7 Å². The molecule has 0 aliphatic carbocycles. The zero-order valence-corrected chi connectivity index (χ0v) is 12.5. The molecule has 0 aromatic heterocycles. The molecule has 2 unspecified atom stereocenters. The van der Waals surface area contributed by atoms with E-state index >= 15 is 0 Å². The highest BCUT2D eigenvalue weighted by molar-refractivity contribution is 7.99. The molecule has 20 heavy (non-hydrogen) atoms. The van der Waals surface area contributed by atoms with Crippen LogP contribution in [0.1, 0.15) is 13.3 Å². The van der Waals surface area contributed by atoms with E-state index in [2.05, 4.69) is 5.32 Å². The van der Waals surface area contributed by atoms with Gasteiger partial charge in [-0.1, -0.05) is 0 Å². The average Bonchev–Trinajstić information content (AvgIpc) is 2.42. The second kappa shape index (κ2) is 8.81. The van der Waals surface area contributed by atoms with Gasteiger partial charge in [0.05, 0.1) is 19.6 Å². The molecule has 0 aliphatic heterocycles. The first-order valence-electron chi connectivity index (χ1n) is 6.38. The summed E-state index contributed by atoms with van der Waals surface area (Å²) < 4.78 is 18.0. The molecule has 0 heterocycles. The Kier molecular flexibility index (Phi) is 7.40. The second-order valence-corrected chi connectivity index (χ2v) is 5.44. The van der Waals surface area contributed by atoms with Gasteiger partial charge in [-0.05, 0) is 37.4 Å². The van der Waals surface area contributed by atoms with Gasteiger partial charge in [0, 0.05) is 11.3 Å². The van der Waals surface area contributed by atoms with Crippen molar-refractivity contribution in [2.75, 3.05) is 19.5 Å². The maximum atomic E-state index is 12.7. The number of nitrogens with one attached hydrogen (secondary N) is 1. The number of carbonyl (C=O) groups excluding carboxylic acids is 1. The summed E-state index contributed by atoms with van der Waals surface area (Å²) in [4.78, 5) is 11.7. The number of thioether (sulfide) groups is 1. The summed E-state index contributed by atoms with van der Waals surface area (Å²) in [5, 5.41) is 11.9. The fourth-order valence-electron chi connectivity index (χ4n) is 1.65. The predicted octanol–water partition coefficient (Wildman–Crippen LogP) is 1.82. The van der Waals surface area contributed by atoms with Crippen LogP contribution >= 0.6 is 11.8 Å². The predicted molar refractivity (Wildman–Crippen MR) is 78.5 cm³/mol. The highest BCUT2D eigenvalue weighted by Gasteiger charge is 2.17. The number of halogens is 1. The van der Waals surface area contributed by atoms with Gasteiger partial charge in [-0.2, -0.15) is 11.8 Å². The summed E-state index contributed by atoms with van der Waals surface area (Å²) in [6.07, 6.45) is 2.11. The molecule has 1 aromatic carbocycles. The number of rotatable bonds is 8. The topological polar surface area (TPSA) is 58.6 Å². The molecule has 1 rings (SSSR count). The Morgan fingerprint density at radius 3 is 2.65 bits per heavy atom. The van der Waals surface area contributed by atoms with E-state index < -0.39 is 0 Å². The van der Waals surface area contributed by atoms with Crippen molar-refractivity contribution in [3.63, 3.8) is 0 Å². The van der Waals surface area contributed by atoms with Crippen LogP contribution in [0.4, 0.5) is 4.39 Å². The van der Waals surface area contributed by atoms with E-state index in [9.17, 15) is 9.18 Å². The molecule has 0 spiro atoms. The second-order valence-electron chi connectivity index (χ2n) is 4.37. The fourth-order valence-corrected chi connectivity index (χ4v) is 2.27. The summed E-state index contributed by atoms with van der Waals surface area (Å²) >= 11 is 1.51. The summed E-state index contributed by atoms with van der Waals surface area (Å²) in [7, 11) is 0. The van der Waals surface area contributed by atoms with Crippen LogP contribution in [0, 0.1) is 5.82 Å². The van der Waals surface area contributed by atoms with Crippen molar-refractivity contribution in [2.24, 2.45) is 0 Å². The van der Waals surface area contributed by atoms with Crippen LogP contribution in [0.25, 0.3) is 0 Å². The minimum absolute atomic E-state index is 0.0167. The van der Waals surface area contributed by atoms with E-state index in [1.54, 1.807) is 0 Å². The largest absolute Gasteiger partial charge is 0.493 e. The Bertz CT molecular complexity index is 409. The lowest BCUT2D eigenvalue weighted by molar-refractivity contribution is -0.122. The number of hydrogen-bond donors (Lipinski definition) is 2. The molecule has 0 bridgehead atoms. The molecule has 2 N–H and O–H groups in total. The maximum Gasteiger partial charge on any atom is 0.223 e. The highest BCUT2D eigenvalue weighted by atomic mass is 32.2. The molecule has 1 aromatic rings. The van der Waals surface area contributed by atoms with Gasteiger partial charge in [0.15, 0.2) is 0 Å². The van der Waals surface area contributed by atoms with Crippen LogP contribution in [-0.2, 0) is 4.79 Å². The summed E-state index contributed by atoms with van der Waals surface area (Å²) in [5.41, 5.74) is 0. The molecule has 4 nitrogen and oxygen atoms in total. The molecule has 0 aliphatic rings. The molecule has 6 heteroatoms. The van der Waals surface area contributed by atoms with Crippen LogP contribution in [0.5, 0.6) is 5.75 Å². The van der Waals surface area contributed by atoms with Gasteiger partial charge in [-0.25, -0.2) is 4.39 Å². The van der Waals surface area contributed by atoms with Gasteiger partial charge in [0.2, 0.25) is 5.91 Å². The third-order valence-electron chi connectivity index (χ3n) is 2.84. The van der Waals surface area contributed by atoms with Crippen LogP contribution in [0.2, 0.25) is 0 Å². The standard InChI is InChI=1S/C14H20FNO3S/c1-10(13(9-17)20-2)16-14(18)7-8-19-12-5-3-11(15)4-6-12/h3-6,10,13,17H,7-9H2,1-2H3,(H,16,18). The maximum absolute atomic E-state index is 12.7. The lowest BCUT2D eigenvalue weighted by Gasteiger charge is -2.21. The highest BCUT2D eigenvalue weighted by Crippen LogP contribution is 2.12. The minimum atomic E-state index is -0.323. The number of hydrogen-bond acceptors (Lipinski definition) is 4. The lowest BCUT2D eigenvalue weighted by Crippen LogP contribution is -2.41. The molecular formula is C14H20FNO3S. The first-order valence-corrected chi connectivity index (χ1v) is 7.67. The Labute approximate surface area is 122 Å². The van der Waals surface area contributed by atoms with Crippen LogP contribution < -0.4 is 10.1 Å². The molecule has 112 valence electrons. The number of aliphatic hydroxyl groups is 1. The number of ether oxygens (including phenoxy) is 1. The first kappa shape index (κ1) is 16.8. The normalized spacial score (nSPS) is 13.6. The Hall–Kier alpha value is -1.27. The molecule has 0 radical (unpaired) electrons. The summed E-state index contributed by atoms with van der Waals surface area (Å²) in [5.74, 6) is 0.0766. The van der Waals surface area contributed by atoms with Gasteiger partial charge in [0.1, 0.15) is 11.6 Å². The molecule has 2 atom stereocenters. The number of aliphatic hydroxyl groups excluding tert-OH is 1. The van der Waals surface area contributed by atoms with Crippen molar-refractivity contribution in [2.45, 2.75) is 24.6 Å². The SMILES string of the molecule is CSC(CO)C(C)NC(=O)CCOc1ccc(F)cc1. The third kappa shape index (κ3) is 5.79. The molecule has 0 saturated heterocycles. The van der Waals surface area contributed by atoms with E-state index in [-0.39, 0.29) is 42.7 Å². The summed E-state index contributed by atoms with van der Waals surface area (Å²) in [6, 6.07) is 5.55. The van der Waals surface area contributed by atoms with Gasteiger partial charge in [-0.15, -0.1) is 0 Å². The minimum Gasteiger partial charge on any atom is -0.493 e. The van der Waals surface area contributed by atoms with Gasteiger partial charge >= 0.3 is 0 Å². The Balaban J connectivity index is 2.27. The van der Waals surface area contributed by atoms with E-state index in [0.717, 1.165) is 0 Å². The molecular weight excluding hydrogens is 281 g/mol. The Morgan fingerprint density at radius 2 is 2.10 bits per heavy atom. The van der Waals surface area contributed by atoms with E-state index in [1.807, 2.05) is 13.2 Å². The smallest absolute Gasteiger partial charge is 0.223 e.